The lowest BCUT2D eigenvalue weighted by Crippen LogP contribution is -2.27. The minimum absolute atomic E-state index is 0.0399. The standard InChI is InChI=1S/C17H23NO3/c1-12-4-5-15(18)14(10-12)16(19)20-11-13-6-9-17(21-13)7-2-3-8-17/h4-5,10,13H,2-3,6-9,11,18H2,1H3. The Hall–Kier alpha value is -1.55. The molecular weight excluding hydrogens is 266 g/mol. The van der Waals surface area contributed by atoms with Crippen LogP contribution in [0.15, 0.2) is 18.2 Å². The molecular formula is C17H23NO3. The van der Waals surface area contributed by atoms with Crippen molar-refractivity contribution in [3.8, 4) is 0 Å². The predicted octanol–water partition coefficient (Wildman–Crippen LogP) is 3.23. The van der Waals surface area contributed by atoms with Crippen LogP contribution in [0.5, 0.6) is 0 Å². The SMILES string of the molecule is Cc1ccc(N)c(C(=O)OCC2CCC3(CCCC3)O2)c1. The summed E-state index contributed by atoms with van der Waals surface area (Å²) in [6.45, 7) is 2.26. The van der Waals surface area contributed by atoms with Crippen molar-refractivity contribution in [2.75, 3.05) is 12.3 Å². The second-order valence-electron chi connectivity index (χ2n) is 6.36. The third-order valence-corrected chi connectivity index (χ3v) is 4.68. The van der Waals surface area contributed by atoms with E-state index in [1.165, 1.54) is 12.8 Å². The molecule has 1 saturated carbocycles. The summed E-state index contributed by atoms with van der Waals surface area (Å²) < 4.78 is 11.5. The van der Waals surface area contributed by atoms with Crippen LogP contribution in [0.1, 0.15) is 54.4 Å². The Morgan fingerprint density at radius 2 is 2.14 bits per heavy atom. The molecule has 1 saturated heterocycles. The zero-order chi connectivity index (χ0) is 14.9. The third-order valence-electron chi connectivity index (χ3n) is 4.68. The van der Waals surface area contributed by atoms with Gasteiger partial charge in [0.2, 0.25) is 0 Å². The van der Waals surface area contributed by atoms with Crippen molar-refractivity contribution in [3.05, 3.63) is 29.3 Å². The molecule has 1 atom stereocenters. The number of hydrogen-bond acceptors (Lipinski definition) is 4. The summed E-state index contributed by atoms with van der Waals surface area (Å²) in [5.41, 5.74) is 7.83. The molecule has 0 amide bonds. The molecule has 1 aromatic rings. The quantitative estimate of drug-likeness (QED) is 0.685. The molecule has 2 fully saturated rings. The second kappa shape index (κ2) is 5.68. The van der Waals surface area contributed by atoms with Crippen molar-refractivity contribution in [2.24, 2.45) is 0 Å². The molecule has 4 heteroatoms. The number of carbonyl (C=O) groups excluding carboxylic acids is 1. The summed E-state index contributed by atoms with van der Waals surface area (Å²) in [6.07, 6.45) is 6.94. The molecule has 3 rings (SSSR count). The first-order chi connectivity index (χ1) is 10.1. The molecule has 0 radical (unpaired) electrons. The van der Waals surface area contributed by atoms with Crippen molar-refractivity contribution >= 4 is 11.7 Å². The maximum absolute atomic E-state index is 12.1. The fourth-order valence-corrected chi connectivity index (χ4v) is 3.49. The van der Waals surface area contributed by atoms with Crippen LogP contribution in [-0.4, -0.2) is 24.3 Å². The van der Waals surface area contributed by atoms with E-state index in [1.807, 2.05) is 13.0 Å². The van der Waals surface area contributed by atoms with Gasteiger partial charge in [-0.3, -0.25) is 0 Å². The topological polar surface area (TPSA) is 61.6 Å². The number of nitrogens with two attached hydrogens (primary N) is 1. The number of nitrogen functional groups attached to an aromatic ring is 1. The Morgan fingerprint density at radius 3 is 2.90 bits per heavy atom. The van der Waals surface area contributed by atoms with Crippen LogP contribution in [-0.2, 0) is 9.47 Å². The highest BCUT2D eigenvalue weighted by atomic mass is 16.6. The van der Waals surface area contributed by atoms with Crippen LogP contribution in [0.3, 0.4) is 0 Å². The molecule has 2 aliphatic rings. The van der Waals surface area contributed by atoms with Gasteiger partial charge in [-0.05, 0) is 44.7 Å². The van der Waals surface area contributed by atoms with Crippen molar-refractivity contribution in [3.63, 3.8) is 0 Å². The van der Waals surface area contributed by atoms with Gasteiger partial charge in [0.1, 0.15) is 6.61 Å². The molecule has 1 unspecified atom stereocenters. The molecule has 1 spiro atoms. The highest BCUT2D eigenvalue weighted by Gasteiger charge is 2.42. The van der Waals surface area contributed by atoms with Gasteiger partial charge in [0.05, 0.1) is 17.3 Å². The van der Waals surface area contributed by atoms with Gasteiger partial charge in [-0.15, -0.1) is 0 Å². The fourth-order valence-electron chi connectivity index (χ4n) is 3.49. The Kier molecular flexibility index (Phi) is 3.89. The van der Waals surface area contributed by atoms with Gasteiger partial charge >= 0.3 is 5.97 Å². The Balaban J connectivity index is 1.56. The highest BCUT2D eigenvalue weighted by Crippen LogP contribution is 2.43. The van der Waals surface area contributed by atoms with Crippen LogP contribution in [0.4, 0.5) is 5.69 Å². The third kappa shape index (κ3) is 3.05. The van der Waals surface area contributed by atoms with E-state index in [2.05, 4.69) is 0 Å². The first-order valence-corrected chi connectivity index (χ1v) is 7.79. The summed E-state index contributed by atoms with van der Waals surface area (Å²) >= 11 is 0. The molecule has 114 valence electrons. The molecule has 1 aromatic carbocycles. The van der Waals surface area contributed by atoms with E-state index in [-0.39, 0.29) is 17.7 Å². The maximum Gasteiger partial charge on any atom is 0.340 e. The van der Waals surface area contributed by atoms with Crippen LogP contribution in [0.25, 0.3) is 0 Å². The van der Waals surface area contributed by atoms with Crippen LogP contribution < -0.4 is 5.73 Å². The maximum atomic E-state index is 12.1. The summed E-state index contributed by atoms with van der Waals surface area (Å²) in [5.74, 6) is -0.354. The predicted molar refractivity (Wildman–Crippen MR) is 81.2 cm³/mol. The van der Waals surface area contributed by atoms with Crippen molar-refractivity contribution in [2.45, 2.75) is 57.2 Å². The molecule has 1 heterocycles. The zero-order valence-corrected chi connectivity index (χ0v) is 12.6. The zero-order valence-electron chi connectivity index (χ0n) is 12.6. The first-order valence-electron chi connectivity index (χ1n) is 7.79. The van der Waals surface area contributed by atoms with E-state index < -0.39 is 0 Å². The van der Waals surface area contributed by atoms with Gasteiger partial charge in [-0.2, -0.15) is 0 Å². The van der Waals surface area contributed by atoms with Crippen LogP contribution in [0.2, 0.25) is 0 Å². The average molecular weight is 289 g/mol. The number of carbonyl (C=O) groups is 1. The molecule has 0 aromatic heterocycles. The lowest BCUT2D eigenvalue weighted by atomic mass is 9.98. The molecule has 1 aliphatic carbocycles. The molecule has 0 bridgehead atoms. The molecule has 4 nitrogen and oxygen atoms in total. The summed E-state index contributed by atoms with van der Waals surface area (Å²) in [5, 5.41) is 0. The molecule has 2 N–H and O–H groups in total. The number of esters is 1. The van der Waals surface area contributed by atoms with Crippen molar-refractivity contribution in [1.82, 2.24) is 0 Å². The van der Waals surface area contributed by atoms with Gasteiger partial charge in [-0.1, -0.05) is 24.5 Å². The van der Waals surface area contributed by atoms with Gasteiger partial charge in [0, 0.05) is 5.69 Å². The van der Waals surface area contributed by atoms with Crippen molar-refractivity contribution in [1.29, 1.82) is 0 Å². The van der Waals surface area contributed by atoms with Gasteiger partial charge in [-0.25, -0.2) is 4.79 Å². The number of rotatable bonds is 3. The number of hydrogen-bond donors (Lipinski definition) is 1. The Bertz CT molecular complexity index is 535. The minimum atomic E-state index is -0.354. The van der Waals surface area contributed by atoms with Gasteiger partial charge in [0.25, 0.3) is 0 Å². The number of aryl methyl sites for hydroxylation is 1. The molecule has 21 heavy (non-hydrogen) atoms. The number of anilines is 1. The number of benzene rings is 1. The van der Waals surface area contributed by atoms with E-state index in [0.29, 0.717) is 17.9 Å². The highest BCUT2D eigenvalue weighted by molar-refractivity contribution is 5.95. The van der Waals surface area contributed by atoms with E-state index in [0.717, 1.165) is 31.2 Å². The van der Waals surface area contributed by atoms with Crippen LogP contribution >= 0.6 is 0 Å². The van der Waals surface area contributed by atoms with Gasteiger partial charge < -0.3 is 15.2 Å². The normalized spacial score (nSPS) is 23.6. The minimum Gasteiger partial charge on any atom is -0.459 e. The summed E-state index contributed by atoms with van der Waals surface area (Å²) in [7, 11) is 0. The Labute approximate surface area is 125 Å². The van der Waals surface area contributed by atoms with E-state index in [1.54, 1.807) is 12.1 Å². The van der Waals surface area contributed by atoms with Crippen LogP contribution in [0, 0.1) is 6.92 Å². The van der Waals surface area contributed by atoms with E-state index in [9.17, 15) is 4.79 Å². The van der Waals surface area contributed by atoms with E-state index in [4.69, 9.17) is 15.2 Å². The lowest BCUT2D eigenvalue weighted by molar-refractivity contribution is -0.0597. The van der Waals surface area contributed by atoms with Crippen molar-refractivity contribution < 1.29 is 14.3 Å². The Morgan fingerprint density at radius 1 is 1.38 bits per heavy atom. The van der Waals surface area contributed by atoms with Gasteiger partial charge in [0.15, 0.2) is 0 Å². The lowest BCUT2D eigenvalue weighted by Gasteiger charge is -2.23. The molecule has 1 aliphatic heterocycles. The second-order valence-corrected chi connectivity index (χ2v) is 6.36. The summed E-state index contributed by atoms with van der Waals surface area (Å²) in [4.78, 5) is 12.1. The average Bonchev–Trinajstić information content (AvgIpc) is 3.09. The first kappa shape index (κ1) is 14.4. The fraction of sp³-hybridized carbons (Fsp3) is 0.588. The largest absolute Gasteiger partial charge is 0.459 e. The number of ether oxygens (including phenoxy) is 2. The summed E-state index contributed by atoms with van der Waals surface area (Å²) in [6, 6.07) is 5.40. The monoisotopic (exact) mass is 289 g/mol. The van der Waals surface area contributed by atoms with E-state index >= 15 is 0 Å². The smallest absolute Gasteiger partial charge is 0.340 e.